The number of carbonyl (C=O) groups is 3. The van der Waals surface area contributed by atoms with Crippen molar-refractivity contribution in [3.8, 4) is 11.3 Å². The van der Waals surface area contributed by atoms with Crippen LogP contribution in [0.2, 0.25) is 5.15 Å². The average Bonchev–Trinajstić information content (AvgIpc) is 2.97. The van der Waals surface area contributed by atoms with Crippen molar-refractivity contribution in [2.24, 2.45) is 11.5 Å². The van der Waals surface area contributed by atoms with Crippen LogP contribution in [0.3, 0.4) is 0 Å². The van der Waals surface area contributed by atoms with Gasteiger partial charge in [0.2, 0.25) is 5.91 Å². The summed E-state index contributed by atoms with van der Waals surface area (Å²) >= 11 is 6.44. The fourth-order valence-electron chi connectivity index (χ4n) is 3.45. The standard InChI is InChI=1S/C23H25ClN8O2.C4F6O2/c24-20-19(15-4-2-1-3-5-15)32(23(34)22(31-20)29-11-10-17(25)26)13-18(33)30-12-14-6-8-16(9-7-14)21(27)28;5-3(6,7)1(11)2(12)4(8,9)10/h1-9H,10-13H2,(H3,25,26)(H3,27,28)(H,29,31)(H,30,33);. The number of rotatable bonds is 11. The molecule has 0 fully saturated rings. The molecule has 1 aromatic heterocycles. The molecule has 3 rings (SSSR count). The molecule has 19 heteroatoms. The number of Topliss-reactive ketones (excluding diaryl/α,β-unsaturated/α-hetero) is 2. The molecule has 3 aromatic rings. The molecule has 0 spiro atoms. The summed E-state index contributed by atoms with van der Waals surface area (Å²) in [7, 11) is 0. The van der Waals surface area contributed by atoms with E-state index in [1.54, 1.807) is 48.5 Å². The highest BCUT2D eigenvalue weighted by atomic mass is 35.5. The quantitative estimate of drug-likeness (QED) is 0.0768. The molecule has 0 aliphatic carbocycles. The van der Waals surface area contributed by atoms with Crippen molar-refractivity contribution >= 4 is 46.6 Å². The smallest absolute Gasteiger partial charge is 0.388 e. The molecule has 0 radical (unpaired) electrons. The van der Waals surface area contributed by atoms with Crippen molar-refractivity contribution in [3.05, 3.63) is 81.2 Å². The number of nitrogens with one attached hydrogen (secondary N) is 4. The van der Waals surface area contributed by atoms with Crippen LogP contribution < -0.4 is 27.7 Å². The van der Waals surface area contributed by atoms with Crippen LogP contribution in [0.25, 0.3) is 11.3 Å². The van der Waals surface area contributed by atoms with E-state index in [1.807, 2.05) is 6.07 Å². The second kappa shape index (κ2) is 15.6. The average molecular weight is 675 g/mol. The lowest BCUT2D eigenvalue weighted by molar-refractivity contribution is -0.193. The van der Waals surface area contributed by atoms with Gasteiger partial charge in [0.25, 0.3) is 5.56 Å². The lowest BCUT2D eigenvalue weighted by Crippen LogP contribution is -2.39. The number of amides is 1. The van der Waals surface area contributed by atoms with Crippen LogP contribution in [0.4, 0.5) is 32.2 Å². The van der Waals surface area contributed by atoms with Crippen molar-refractivity contribution in [3.63, 3.8) is 0 Å². The van der Waals surface area contributed by atoms with Gasteiger partial charge in [-0.05, 0) is 5.56 Å². The summed E-state index contributed by atoms with van der Waals surface area (Å²) in [6.45, 7) is 0.175. The number of amidine groups is 2. The first-order chi connectivity index (χ1) is 21.3. The Kier molecular flexibility index (Phi) is 12.6. The van der Waals surface area contributed by atoms with Gasteiger partial charge in [-0.1, -0.05) is 66.2 Å². The van der Waals surface area contributed by atoms with E-state index in [2.05, 4.69) is 15.6 Å². The predicted octanol–water partition coefficient (Wildman–Crippen LogP) is 3.15. The van der Waals surface area contributed by atoms with Crippen molar-refractivity contribution in [1.82, 2.24) is 14.9 Å². The van der Waals surface area contributed by atoms with Gasteiger partial charge < -0.3 is 22.1 Å². The maximum absolute atomic E-state index is 13.2. The van der Waals surface area contributed by atoms with Gasteiger partial charge >= 0.3 is 23.9 Å². The molecule has 0 saturated carbocycles. The van der Waals surface area contributed by atoms with E-state index in [9.17, 15) is 45.5 Å². The number of aromatic nitrogens is 2. The van der Waals surface area contributed by atoms with Gasteiger partial charge in [0.1, 0.15) is 12.4 Å². The molecule has 0 atom stereocenters. The maximum atomic E-state index is 13.2. The van der Waals surface area contributed by atoms with E-state index in [1.165, 1.54) is 4.57 Å². The number of carbonyl (C=O) groups excluding carboxylic acids is 3. The second-order valence-corrected chi connectivity index (χ2v) is 9.46. The first-order valence-electron chi connectivity index (χ1n) is 12.7. The van der Waals surface area contributed by atoms with Crippen LogP contribution in [0.5, 0.6) is 0 Å². The highest BCUT2D eigenvalue weighted by Crippen LogP contribution is 2.26. The number of alkyl halides is 6. The lowest BCUT2D eigenvalue weighted by Gasteiger charge is -2.16. The van der Waals surface area contributed by atoms with Gasteiger partial charge in [-0.3, -0.25) is 34.6 Å². The Hall–Kier alpha value is -5.26. The molecule has 12 nitrogen and oxygen atoms in total. The summed E-state index contributed by atoms with van der Waals surface area (Å²) in [5.41, 5.74) is 12.7. The van der Waals surface area contributed by atoms with Gasteiger partial charge in [0.05, 0.1) is 11.5 Å². The van der Waals surface area contributed by atoms with Gasteiger partial charge in [-0.2, -0.15) is 26.3 Å². The van der Waals surface area contributed by atoms with Crippen LogP contribution in [0, 0.1) is 10.8 Å². The van der Waals surface area contributed by atoms with Crippen molar-refractivity contribution < 1.29 is 40.7 Å². The molecule has 46 heavy (non-hydrogen) atoms. The minimum absolute atomic E-state index is 0.0291. The van der Waals surface area contributed by atoms with Crippen LogP contribution >= 0.6 is 11.6 Å². The number of nitrogens with zero attached hydrogens (tertiary/aromatic N) is 2. The molecule has 246 valence electrons. The van der Waals surface area contributed by atoms with E-state index >= 15 is 0 Å². The Morgan fingerprint density at radius 1 is 0.891 bits per heavy atom. The monoisotopic (exact) mass is 674 g/mol. The third-order valence-corrected chi connectivity index (χ3v) is 5.90. The molecule has 1 amide bonds. The normalized spacial score (nSPS) is 11.1. The fourth-order valence-corrected chi connectivity index (χ4v) is 3.75. The van der Waals surface area contributed by atoms with Crippen LogP contribution in [-0.4, -0.2) is 57.6 Å². The van der Waals surface area contributed by atoms with Gasteiger partial charge in [0, 0.05) is 30.6 Å². The SMILES string of the molecule is N=C(N)CCNc1nc(Cl)c(-c2ccccc2)n(CC(=O)NCc2ccc(C(=N)N)cc2)c1=O.O=C(C(=O)C(F)(F)F)C(F)(F)F. The van der Waals surface area contributed by atoms with E-state index in [0.717, 1.165) is 5.56 Å². The molecular formula is C27H25ClF6N8O4. The number of nitrogens with two attached hydrogens (primary N) is 2. The molecule has 0 aliphatic heterocycles. The Labute approximate surface area is 260 Å². The summed E-state index contributed by atoms with van der Waals surface area (Å²) in [5.74, 6) is -7.31. The number of hydrogen-bond donors (Lipinski definition) is 6. The lowest BCUT2D eigenvalue weighted by atomic mass is 10.1. The summed E-state index contributed by atoms with van der Waals surface area (Å²) in [5, 5.41) is 20.5. The predicted molar refractivity (Wildman–Crippen MR) is 155 cm³/mol. The Balaban J connectivity index is 0.000000521. The minimum Gasteiger partial charge on any atom is -0.388 e. The topological polar surface area (TPSA) is 210 Å². The molecule has 0 bridgehead atoms. The number of benzene rings is 2. The zero-order valence-corrected chi connectivity index (χ0v) is 24.1. The molecule has 2 aromatic carbocycles. The van der Waals surface area contributed by atoms with E-state index in [-0.39, 0.29) is 48.7 Å². The molecule has 1 heterocycles. The maximum Gasteiger partial charge on any atom is 0.458 e. The van der Waals surface area contributed by atoms with Crippen molar-refractivity contribution in [1.29, 1.82) is 10.8 Å². The van der Waals surface area contributed by atoms with E-state index in [0.29, 0.717) is 16.8 Å². The molecule has 0 saturated heterocycles. The Bertz CT molecular complexity index is 1640. The Morgan fingerprint density at radius 2 is 1.43 bits per heavy atom. The van der Waals surface area contributed by atoms with Crippen LogP contribution in [0.15, 0.2) is 59.4 Å². The van der Waals surface area contributed by atoms with E-state index in [4.69, 9.17) is 33.9 Å². The minimum atomic E-state index is -5.77. The molecule has 8 N–H and O–H groups in total. The van der Waals surface area contributed by atoms with E-state index < -0.39 is 35.4 Å². The third kappa shape index (κ3) is 10.7. The zero-order valence-electron chi connectivity index (χ0n) is 23.4. The molecule has 0 aliphatic rings. The number of halogens is 7. The number of anilines is 1. The van der Waals surface area contributed by atoms with Gasteiger partial charge in [0.15, 0.2) is 11.0 Å². The highest BCUT2D eigenvalue weighted by molar-refractivity contribution is 6.41. The number of ketones is 2. The summed E-state index contributed by atoms with van der Waals surface area (Å²) < 4.78 is 68.2. The summed E-state index contributed by atoms with van der Waals surface area (Å²) in [6, 6.07) is 15.9. The Morgan fingerprint density at radius 3 is 1.91 bits per heavy atom. The zero-order chi connectivity index (χ0) is 34.8. The van der Waals surface area contributed by atoms with Crippen molar-refractivity contribution in [2.45, 2.75) is 31.9 Å². The van der Waals surface area contributed by atoms with Crippen LogP contribution in [0.1, 0.15) is 17.5 Å². The van der Waals surface area contributed by atoms with Crippen LogP contribution in [-0.2, 0) is 27.5 Å². The van der Waals surface area contributed by atoms with Crippen molar-refractivity contribution in [2.75, 3.05) is 11.9 Å². The first kappa shape index (κ1) is 36.9. The first-order valence-corrected chi connectivity index (χ1v) is 13.1. The van der Waals surface area contributed by atoms with Gasteiger partial charge in [-0.25, -0.2) is 4.98 Å². The van der Waals surface area contributed by atoms with Gasteiger partial charge in [-0.15, -0.1) is 0 Å². The second-order valence-electron chi connectivity index (χ2n) is 9.10. The summed E-state index contributed by atoms with van der Waals surface area (Å²) in [4.78, 5) is 49.4. The largest absolute Gasteiger partial charge is 0.458 e. The molecule has 0 unspecified atom stereocenters. The fraction of sp³-hybridized carbons (Fsp3) is 0.222. The third-order valence-electron chi connectivity index (χ3n) is 5.63. The number of nitrogen functional groups attached to an aromatic ring is 1. The summed E-state index contributed by atoms with van der Waals surface area (Å²) in [6.07, 6.45) is -11.3. The highest BCUT2D eigenvalue weighted by Gasteiger charge is 2.54. The number of hydrogen-bond acceptors (Lipinski definition) is 8. The molecular weight excluding hydrogens is 650 g/mol.